The van der Waals surface area contributed by atoms with Gasteiger partial charge >= 0.3 is 5.97 Å². The summed E-state index contributed by atoms with van der Waals surface area (Å²) in [6.07, 6.45) is 5.13. The molecule has 3 saturated carbocycles. The summed E-state index contributed by atoms with van der Waals surface area (Å²) in [5.74, 6) is 1.72. The molecule has 3 aliphatic rings. The van der Waals surface area contributed by atoms with Crippen LogP contribution in [0.2, 0.25) is 0 Å². The second-order valence-corrected chi connectivity index (χ2v) is 12.3. The molecule has 1 aromatic carbocycles. The zero-order valence-electron chi connectivity index (χ0n) is 21.6. The molecule has 1 aromatic rings. The molecule has 0 heterocycles. The van der Waals surface area contributed by atoms with E-state index in [1.165, 1.54) is 5.56 Å². The van der Waals surface area contributed by atoms with Crippen molar-refractivity contribution in [2.45, 2.75) is 91.6 Å². The number of benzene rings is 1. The average Bonchev–Trinajstić information content (AvgIpc) is 2.78. The third-order valence-electron chi connectivity index (χ3n) is 9.94. The zero-order valence-corrected chi connectivity index (χ0v) is 21.6. The molecule has 0 bridgehead atoms. The molecule has 0 aliphatic heterocycles. The first kappa shape index (κ1) is 24.3. The summed E-state index contributed by atoms with van der Waals surface area (Å²) in [5, 5.41) is 0. The third-order valence-corrected chi connectivity index (χ3v) is 9.94. The minimum atomic E-state index is -0.631. The third kappa shape index (κ3) is 3.72. The molecule has 0 radical (unpaired) electrons. The number of carbonyl (C=O) groups is 2. The normalized spacial score (nSPS) is 35.8. The lowest BCUT2D eigenvalue weighted by Crippen LogP contribution is -2.69. The fraction of sp³-hybridized carbons (Fsp3) is 0.724. The number of methoxy groups -OCH3 is 1. The van der Waals surface area contributed by atoms with Crippen LogP contribution >= 0.6 is 0 Å². The molecule has 182 valence electrons. The Morgan fingerprint density at radius 3 is 2.39 bits per heavy atom. The van der Waals surface area contributed by atoms with E-state index in [1.54, 1.807) is 7.11 Å². The minimum absolute atomic E-state index is 0.109. The van der Waals surface area contributed by atoms with Gasteiger partial charge < -0.3 is 9.47 Å². The summed E-state index contributed by atoms with van der Waals surface area (Å²) >= 11 is 0. The Kier molecular flexibility index (Phi) is 6.20. The van der Waals surface area contributed by atoms with Gasteiger partial charge in [-0.15, -0.1) is 0 Å². The van der Waals surface area contributed by atoms with E-state index in [1.807, 2.05) is 12.1 Å². The van der Waals surface area contributed by atoms with Crippen LogP contribution in [0.15, 0.2) is 24.3 Å². The molecule has 0 spiro atoms. The molecule has 3 aliphatic carbocycles. The van der Waals surface area contributed by atoms with E-state index in [0.717, 1.165) is 37.9 Å². The summed E-state index contributed by atoms with van der Waals surface area (Å²) in [7, 11) is 1.68. The van der Waals surface area contributed by atoms with Crippen molar-refractivity contribution in [1.82, 2.24) is 0 Å². The number of ether oxygens (including phenoxy) is 2. The summed E-state index contributed by atoms with van der Waals surface area (Å²) in [6, 6.07) is 8.30. The summed E-state index contributed by atoms with van der Waals surface area (Å²) in [6.45, 7) is 13.3. The van der Waals surface area contributed by atoms with Gasteiger partial charge in [-0.3, -0.25) is 9.59 Å². The van der Waals surface area contributed by atoms with Gasteiger partial charge in [0, 0.05) is 18.3 Å². The number of carbonyl (C=O) groups excluding carboxylic acids is 2. The zero-order chi connectivity index (χ0) is 24.2. The summed E-state index contributed by atoms with van der Waals surface area (Å²) in [4.78, 5) is 26.8. The smallest absolute Gasteiger partial charge is 0.313 e. The van der Waals surface area contributed by atoms with Crippen LogP contribution in [-0.2, 0) is 19.7 Å². The van der Waals surface area contributed by atoms with E-state index in [4.69, 9.17) is 9.47 Å². The Hall–Kier alpha value is -1.84. The largest absolute Gasteiger partial charge is 0.497 e. The number of rotatable bonds is 5. The highest BCUT2D eigenvalue weighted by Gasteiger charge is 2.72. The lowest BCUT2D eigenvalue weighted by molar-refractivity contribution is -0.226. The van der Waals surface area contributed by atoms with Gasteiger partial charge in [-0.2, -0.15) is 0 Å². The van der Waals surface area contributed by atoms with E-state index in [9.17, 15) is 9.59 Å². The maximum atomic E-state index is 13.9. The van der Waals surface area contributed by atoms with Crippen LogP contribution in [0.1, 0.15) is 85.6 Å². The van der Waals surface area contributed by atoms with Crippen LogP contribution in [0.4, 0.5) is 0 Å². The molecule has 4 rings (SSSR count). The van der Waals surface area contributed by atoms with Crippen molar-refractivity contribution in [2.24, 2.45) is 34.5 Å². The van der Waals surface area contributed by atoms with Crippen molar-refractivity contribution < 1.29 is 19.1 Å². The number of Topliss-reactive ketones (excluding diaryl/α,β-unsaturated/α-hetero) is 1. The first-order valence-corrected chi connectivity index (χ1v) is 12.8. The molecule has 0 unspecified atom stereocenters. The predicted molar refractivity (Wildman–Crippen MR) is 130 cm³/mol. The Morgan fingerprint density at radius 2 is 1.76 bits per heavy atom. The van der Waals surface area contributed by atoms with Crippen LogP contribution in [0, 0.1) is 34.5 Å². The highest BCUT2D eigenvalue weighted by Crippen LogP contribution is 2.68. The number of hydrogen-bond donors (Lipinski definition) is 0. The second kappa shape index (κ2) is 8.43. The highest BCUT2D eigenvalue weighted by atomic mass is 16.5. The Morgan fingerprint density at radius 1 is 1.09 bits per heavy atom. The fourth-order valence-corrected chi connectivity index (χ4v) is 7.66. The molecule has 4 nitrogen and oxygen atoms in total. The lowest BCUT2D eigenvalue weighted by atomic mass is 9.36. The molecule has 3 fully saturated rings. The first-order valence-electron chi connectivity index (χ1n) is 12.8. The molecule has 33 heavy (non-hydrogen) atoms. The Balaban J connectivity index is 1.60. The van der Waals surface area contributed by atoms with Crippen LogP contribution in [0.5, 0.6) is 5.75 Å². The van der Waals surface area contributed by atoms with E-state index in [-0.39, 0.29) is 46.4 Å². The number of ketones is 1. The first-order chi connectivity index (χ1) is 15.5. The van der Waals surface area contributed by atoms with Crippen molar-refractivity contribution in [2.75, 3.05) is 7.11 Å². The van der Waals surface area contributed by atoms with E-state index in [2.05, 4.69) is 53.7 Å². The van der Waals surface area contributed by atoms with Gasteiger partial charge in [0.05, 0.1) is 12.5 Å². The van der Waals surface area contributed by atoms with Crippen LogP contribution in [0.25, 0.3) is 0 Å². The summed E-state index contributed by atoms with van der Waals surface area (Å²) < 4.78 is 11.8. The van der Waals surface area contributed by atoms with Crippen LogP contribution < -0.4 is 4.74 Å². The van der Waals surface area contributed by atoms with E-state index in [0.29, 0.717) is 12.3 Å². The number of fused-ring (bicyclic) bond motifs is 1. The van der Waals surface area contributed by atoms with Gasteiger partial charge in [0.2, 0.25) is 0 Å². The van der Waals surface area contributed by atoms with E-state index >= 15 is 0 Å². The predicted octanol–water partition coefficient (Wildman–Crippen LogP) is 6.35. The van der Waals surface area contributed by atoms with Gasteiger partial charge in [-0.05, 0) is 66.0 Å². The molecular weight excluding hydrogens is 412 g/mol. The SMILES string of the molecule is COc1ccc(C(C)(C)[C@@H]2CC[C@@H](C)C[C@H]2OC(=O)[C@]23CCCC(=O)[C@H]2C(C)(C)[C@H]3C)cc1. The summed E-state index contributed by atoms with van der Waals surface area (Å²) in [5.41, 5.74) is 0.333. The molecular formula is C29H42O4. The lowest BCUT2D eigenvalue weighted by Gasteiger charge is -2.65. The maximum Gasteiger partial charge on any atom is 0.313 e. The highest BCUT2D eigenvalue weighted by molar-refractivity contribution is 5.93. The molecule has 6 atom stereocenters. The van der Waals surface area contributed by atoms with Crippen LogP contribution in [-0.4, -0.2) is 25.0 Å². The molecule has 4 heteroatoms. The van der Waals surface area contributed by atoms with Crippen molar-refractivity contribution in [3.63, 3.8) is 0 Å². The topological polar surface area (TPSA) is 52.6 Å². The maximum absolute atomic E-state index is 13.9. The number of hydrogen-bond acceptors (Lipinski definition) is 4. The van der Waals surface area contributed by atoms with Crippen molar-refractivity contribution in [3.8, 4) is 5.75 Å². The van der Waals surface area contributed by atoms with Gasteiger partial charge in [0.25, 0.3) is 0 Å². The number of esters is 1. The molecule has 0 aromatic heterocycles. The monoisotopic (exact) mass is 454 g/mol. The van der Waals surface area contributed by atoms with Crippen LogP contribution in [0.3, 0.4) is 0 Å². The molecule has 0 saturated heterocycles. The van der Waals surface area contributed by atoms with Crippen molar-refractivity contribution in [1.29, 1.82) is 0 Å². The van der Waals surface area contributed by atoms with Crippen molar-refractivity contribution >= 4 is 11.8 Å². The quantitative estimate of drug-likeness (QED) is 0.486. The Labute approximate surface area is 199 Å². The Bertz CT molecular complexity index is 899. The van der Waals surface area contributed by atoms with Gasteiger partial charge in [0.15, 0.2) is 0 Å². The standard InChI is InChI=1S/C29H42O4/c1-18-10-15-22(28(5,6)20-11-13-21(32-7)14-12-20)24(17-18)33-26(31)29-16-8-9-23(30)25(29)27(3,4)19(29)2/h11-14,18-19,22,24-25H,8-10,15-17H2,1-7H3/t18-,19-,22-,24-,25+,29+/m1/s1. The fourth-order valence-electron chi connectivity index (χ4n) is 7.66. The van der Waals surface area contributed by atoms with Crippen molar-refractivity contribution in [3.05, 3.63) is 29.8 Å². The van der Waals surface area contributed by atoms with Gasteiger partial charge in [-0.25, -0.2) is 0 Å². The van der Waals surface area contributed by atoms with Gasteiger partial charge in [0.1, 0.15) is 17.6 Å². The minimum Gasteiger partial charge on any atom is -0.497 e. The molecule has 0 amide bonds. The second-order valence-electron chi connectivity index (χ2n) is 12.3. The molecule has 0 N–H and O–H groups in total. The average molecular weight is 455 g/mol. The van der Waals surface area contributed by atoms with Gasteiger partial charge in [-0.1, -0.05) is 60.1 Å². The van der Waals surface area contributed by atoms with E-state index < -0.39 is 5.41 Å².